The Morgan fingerprint density at radius 2 is 2.03 bits per heavy atom. The molecule has 3 aromatic rings. The summed E-state index contributed by atoms with van der Waals surface area (Å²) in [5, 5.41) is 4.96. The van der Waals surface area contributed by atoms with Crippen LogP contribution in [-0.4, -0.2) is 41.7 Å². The van der Waals surface area contributed by atoms with Crippen molar-refractivity contribution in [1.82, 2.24) is 15.3 Å². The van der Waals surface area contributed by atoms with Gasteiger partial charge in [-0.3, -0.25) is 4.79 Å². The second-order valence-corrected chi connectivity index (χ2v) is 8.26. The molecular weight excluding hydrogens is 431 g/mol. The van der Waals surface area contributed by atoms with Crippen molar-refractivity contribution in [2.75, 3.05) is 13.7 Å². The van der Waals surface area contributed by atoms with Gasteiger partial charge in [0.1, 0.15) is 28.6 Å². The van der Waals surface area contributed by atoms with Crippen molar-refractivity contribution >= 4 is 28.2 Å². The van der Waals surface area contributed by atoms with Gasteiger partial charge in [0.25, 0.3) is 0 Å². The summed E-state index contributed by atoms with van der Waals surface area (Å²) in [4.78, 5) is 20.1. The number of methoxy groups -OCH3 is 1. The number of ether oxygens (including phenoxy) is 2. The van der Waals surface area contributed by atoms with Gasteiger partial charge in [-0.15, -0.1) is 11.3 Å². The molecule has 10 heteroatoms. The number of aromatic nitrogens is 2. The molecule has 1 aromatic carbocycles. The van der Waals surface area contributed by atoms with E-state index in [1.807, 2.05) is 26.0 Å². The van der Waals surface area contributed by atoms with Crippen LogP contribution in [0.25, 0.3) is 21.6 Å². The first-order valence-electron chi connectivity index (χ1n) is 9.59. The van der Waals surface area contributed by atoms with E-state index in [0.29, 0.717) is 29.9 Å². The number of hydrogen-bond acceptors (Lipinski definition) is 7. The van der Waals surface area contributed by atoms with E-state index in [1.54, 1.807) is 6.07 Å². The summed E-state index contributed by atoms with van der Waals surface area (Å²) in [5.41, 5.74) is 1.93. The molecule has 1 saturated heterocycles. The predicted molar refractivity (Wildman–Crippen MR) is 110 cm³/mol. The Morgan fingerprint density at radius 3 is 2.71 bits per heavy atom. The molecule has 6 nitrogen and oxygen atoms in total. The number of carbonyl (C=O) groups excluding carboxylic acids is 1. The highest BCUT2D eigenvalue weighted by Gasteiger charge is 2.34. The van der Waals surface area contributed by atoms with Crippen molar-refractivity contribution in [2.45, 2.75) is 38.6 Å². The smallest absolute Gasteiger partial charge is 0.434 e. The quantitative estimate of drug-likeness (QED) is 0.597. The number of carbonyl (C=O) groups is 1. The Labute approximate surface area is 180 Å². The minimum atomic E-state index is -4.52. The molecule has 4 rings (SSSR count). The maximum absolute atomic E-state index is 13.0. The van der Waals surface area contributed by atoms with Crippen LogP contribution < -0.4 is 10.1 Å². The predicted octanol–water partition coefficient (Wildman–Crippen LogP) is 4.28. The van der Waals surface area contributed by atoms with Crippen molar-refractivity contribution in [1.29, 1.82) is 0 Å². The van der Waals surface area contributed by atoms with Gasteiger partial charge >= 0.3 is 12.1 Å². The van der Waals surface area contributed by atoms with E-state index < -0.39 is 17.9 Å². The Bertz CT molecular complexity index is 1150. The maximum Gasteiger partial charge on any atom is 0.434 e. The minimum absolute atomic E-state index is 0.164. The van der Waals surface area contributed by atoms with Gasteiger partial charge in [-0.25, -0.2) is 9.97 Å². The first-order chi connectivity index (χ1) is 14.7. The van der Waals surface area contributed by atoms with Gasteiger partial charge in [0.2, 0.25) is 0 Å². The number of halogens is 3. The van der Waals surface area contributed by atoms with E-state index in [-0.39, 0.29) is 17.1 Å². The Hall–Kier alpha value is -2.72. The number of fused-ring (bicyclic) bond motifs is 1. The summed E-state index contributed by atoms with van der Waals surface area (Å²) in [7, 11) is 1.33. The first kappa shape index (κ1) is 21.5. The lowest BCUT2D eigenvalue weighted by Gasteiger charge is -2.17. The average Bonchev–Trinajstić information content (AvgIpc) is 3.40. The van der Waals surface area contributed by atoms with E-state index in [0.717, 1.165) is 33.2 Å². The molecule has 164 valence electrons. The summed E-state index contributed by atoms with van der Waals surface area (Å²) >= 11 is 0.884. The third-order valence-electron chi connectivity index (χ3n) is 5.35. The summed E-state index contributed by atoms with van der Waals surface area (Å²) in [6, 6.07) is 4.98. The van der Waals surface area contributed by atoms with Gasteiger partial charge in [0.15, 0.2) is 5.69 Å². The molecule has 0 radical (unpaired) electrons. The third-order valence-corrected chi connectivity index (χ3v) is 6.22. The van der Waals surface area contributed by atoms with Crippen molar-refractivity contribution in [2.24, 2.45) is 0 Å². The van der Waals surface area contributed by atoms with Gasteiger partial charge in [-0.05, 0) is 31.0 Å². The van der Waals surface area contributed by atoms with Crippen LogP contribution in [0.1, 0.15) is 23.2 Å². The van der Waals surface area contributed by atoms with Crippen molar-refractivity contribution in [3.05, 3.63) is 40.4 Å². The van der Waals surface area contributed by atoms with Crippen LogP contribution in [0, 0.1) is 13.8 Å². The number of hydrogen-bond donors (Lipinski definition) is 1. The lowest BCUT2D eigenvalue weighted by Crippen LogP contribution is -2.31. The maximum atomic E-state index is 13.0. The van der Waals surface area contributed by atoms with Crippen LogP contribution in [0.4, 0.5) is 13.2 Å². The molecule has 0 aliphatic carbocycles. The van der Waals surface area contributed by atoms with Gasteiger partial charge in [-0.2, -0.15) is 13.2 Å². The monoisotopic (exact) mass is 451 g/mol. The number of thiazole rings is 1. The van der Waals surface area contributed by atoms with Crippen LogP contribution in [0.2, 0.25) is 0 Å². The third kappa shape index (κ3) is 4.22. The van der Waals surface area contributed by atoms with Crippen LogP contribution in [-0.2, 0) is 15.7 Å². The lowest BCUT2D eigenvalue weighted by molar-refractivity contribution is -0.143. The fraction of sp³-hybridized carbons (Fsp3) is 0.381. The van der Waals surface area contributed by atoms with Crippen LogP contribution >= 0.6 is 11.3 Å². The molecule has 1 aliphatic heterocycles. The molecular formula is C21H20F3N3O3S. The normalized spacial score (nSPS) is 19.0. The molecule has 0 spiro atoms. The molecule has 3 heterocycles. The largest absolute Gasteiger partial charge is 0.488 e. The van der Waals surface area contributed by atoms with Gasteiger partial charge in [0, 0.05) is 29.8 Å². The molecule has 0 unspecified atom stereocenters. The Kier molecular flexibility index (Phi) is 5.61. The molecule has 1 fully saturated rings. The SMILES string of the molecule is COC(=O)[C@@H]1C[C@H](Oc2cc(-c3nc(C(F)(F)F)cs3)nc3c(C)c(C)ccc23)CN1. The molecule has 0 bridgehead atoms. The van der Waals surface area contributed by atoms with Gasteiger partial charge in [-0.1, -0.05) is 6.07 Å². The number of nitrogens with zero attached hydrogens (tertiary/aromatic N) is 2. The number of alkyl halides is 3. The van der Waals surface area contributed by atoms with Crippen molar-refractivity contribution < 1.29 is 27.4 Å². The highest BCUT2D eigenvalue weighted by atomic mass is 32.1. The number of esters is 1. The summed E-state index contributed by atoms with van der Waals surface area (Å²) in [5.74, 6) is 0.129. The zero-order valence-electron chi connectivity index (χ0n) is 17.0. The number of pyridine rings is 1. The van der Waals surface area contributed by atoms with Crippen LogP contribution in [0.3, 0.4) is 0 Å². The molecule has 0 saturated carbocycles. The second kappa shape index (κ2) is 8.08. The fourth-order valence-electron chi connectivity index (χ4n) is 3.52. The Morgan fingerprint density at radius 1 is 1.26 bits per heavy atom. The fourth-order valence-corrected chi connectivity index (χ4v) is 4.31. The van der Waals surface area contributed by atoms with E-state index in [2.05, 4.69) is 15.3 Å². The first-order valence-corrected chi connectivity index (χ1v) is 10.5. The molecule has 2 aromatic heterocycles. The van der Waals surface area contributed by atoms with E-state index in [1.165, 1.54) is 7.11 Å². The number of benzene rings is 1. The molecule has 31 heavy (non-hydrogen) atoms. The van der Waals surface area contributed by atoms with Gasteiger partial charge < -0.3 is 14.8 Å². The zero-order valence-corrected chi connectivity index (χ0v) is 17.9. The number of rotatable bonds is 4. The lowest BCUT2D eigenvalue weighted by atomic mass is 10.0. The summed E-state index contributed by atoms with van der Waals surface area (Å²) < 4.78 is 50.0. The molecule has 2 atom stereocenters. The Balaban J connectivity index is 1.75. The van der Waals surface area contributed by atoms with E-state index in [4.69, 9.17) is 9.47 Å². The van der Waals surface area contributed by atoms with Crippen molar-refractivity contribution in [3.63, 3.8) is 0 Å². The van der Waals surface area contributed by atoms with Gasteiger partial charge in [0.05, 0.1) is 12.6 Å². The summed E-state index contributed by atoms with van der Waals surface area (Å²) in [6.07, 6.45) is -4.40. The highest BCUT2D eigenvalue weighted by Crippen LogP contribution is 2.37. The number of aryl methyl sites for hydroxylation is 2. The minimum Gasteiger partial charge on any atom is -0.488 e. The van der Waals surface area contributed by atoms with Crippen LogP contribution in [0.15, 0.2) is 23.6 Å². The second-order valence-electron chi connectivity index (χ2n) is 7.40. The standard InChI is InChI=1S/C21H20F3N3O3S/c1-10-4-5-13-16(30-12-6-15(25-8-12)20(28)29-3)7-14(26-18(13)11(10)2)19-27-17(9-31-19)21(22,23)24/h4-5,7,9,12,15,25H,6,8H2,1-3H3/t12-,15-/m0/s1. The topological polar surface area (TPSA) is 73.3 Å². The number of nitrogens with one attached hydrogen (secondary N) is 1. The van der Waals surface area contributed by atoms with Crippen LogP contribution in [0.5, 0.6) is 5.75 Å². The van der Waals surface area contributed by atoms with Crippen molar-refractivity contribution in [3.8, 4) is 16.5 Å². The van der Waals surface area contributed by atoms with E-state index in [9.17, 15) is 18.0 Å². The zero-order chi connectivity index (χ0) is 22.3. The molecule has 1 aliphatic rings. The average molecular weight is 451 g/mol. The summed E-state index contributed by atoms with van der Waals surface area (Å²) in [6.45, 7) is 4.29. The molecule has 1 N–H and O–H groups in total. The van der Waals surface area contributed by atoms with E-state index >= 15 is 0 Å². The molecule has 0 amide bonds. The highest BCUT2D eigenvalue weighted by molar-refractivity contribution is 7.13.